The largest absolute Gasteiger partial charge is 0.289 e. The van der Waals surface area contributed by atoms with Gasteiger partial charge in [0.15, 0.2) is 6.29 Å². The first-order valence-corrected chi connectivity index (χ1v) is 4.38. The maximum Gasteiger partial charge on any atom is 0.192 e. The van der Waals surface area contributed by atoms with Crippen LogP contribution in [0.25, 0.3) is 0 Å². The third-order valence-electron chi connectivity index (χ3n) is 2.33. The summed E-state index contributed by atoms with van der Waals surface area (Å²) >= 11 is 0. The standard InChI is InChI=1S/C10H15NO/c1-10(2,6-5-9-12)11-7-3-4-8-11/h9H,3-4,7-8H2,1-2H3. The molecule has 12 heavy (non-hydrogen) atoms. The molecular weight excluding hydrogens is 150 g/mol. The van der Waals surface area contributed by atoms with E-state index in [1.165, 1.54) is 12.8 Å². The van der Waals surface area contributed by atoms with Crippen LogP contribution in [0, 0.1) is 11.8 Å². The number of rotatable bonds is 1. The van der Waals surface area contributed by atoms with Crippen LogP contribution in [0.3, 0.4) is 0 Å². The summed E-state index contributed by atoms with van der Waals surface area (Å²) in [5.41, 5.74) is -0.128. The molecule has 0 saturated carbocycles. The van der Waals surface area contributed by atoms with E-state index < -0.39 is 0 Å². The van der Waals surface area contributed by atoms with Gasteiger partial charge in [0, 0.05) is 0 Å². The normalized spacial score (nSPS) is 18.5. The summed E-state index contributed by atoms with van der Waals surface area (Å²) in [6, 6.07) is 0. The van der Waals surface area contributed by atoms with Crippen molar-refractivity contribution in [3.63, 3.8) is 0 Å². The molecule has 2 nitrogen and oxygen atoms in total. The Hall–Kier alpha value is -0.810. The van der Waals surface area contributed by atoms with Gasteiger partial charge in [-0.3, -0.25) is 9.69 Å². The van der Waals surface area contributed by atoms with Gasteiger partial charge in [0.2, 0.25) is 0 Å². The average molecular weight is 165 g/mol. The molecule has 0 aromatic rings. The highest BCUT2D eigenvalue weighted by molar-refractivity contribution is 5.73. The smallest absolute Gasteiger partial charge is 0.192 e. The van der Waals surface area contributed by atoms with Gasteiger partial charge in [-0.25, -0.2) is 0 Å². The highest BCUT2D eigenvalue weighted by Crippen LogP contribution is 2.19. The lowest BCUT2D eigenvalue weighted by molar-refractivity contribution is -0.103. The second-order valence-corrected chi connectivity index (χ2v) is 3.64. The Morgan fingerprint density at radius 2 is 1.92 bits per heavy atom. The van der Waals surface area contributed by atoms with Crippen molar-refractivity contribution in [2.45, 2.75) is 32.2 Å². The van der Waals surface area contributed by atoms with Crippen molar-refractivity contribution in [2.24, 2.45) is 0 Å². The molecule has 0 aliphatic carbocycles. The molecule has 0 unspecified atom stereocenters. The first-order valence-electron chi connectivity index (χ1n) is 4.38. The maximum atomic E-state index is 10.1. The van der Waals surface area contributed by atoms with E-state index >= 15 is 0 Å². The molecule has 1 saturated heterocycles. The zero-order chi connectivity index (χ0) is 9.03. The molecule has 1 aliphatic heterocycles. The SMILES string of the molecule is CC(C)(C#CC=O)N1CCCC1. The van der Waals surface area contributed by atoms with Gasteiger partial charge in [0.25, 0.3) is 0 Å². The van der Waals surface area contributed by atoms with Crippen LogP contribution >= 0.6 is 0 Å². The fourth-order valence-electron chi connectivity index (χ4n) is 1.56. The fourth-order valence-corrected chi connectivity index (χ4v) is 1.56. The molecule has 0 spiro atoms. The highest BCUT2D eigenvalue weighted by atomic mass is 16.1. The van der Waals surface area contributed by atoms with Gasteiger partial charge in [0.1, 0.15) is 0 Å². The molecule has 0 bridgehead atoms. The summed E-state index contributed by atoms with van der Waals surface area (Å²) in [6.07, 6.45) is 3.18. The molecular formula is C10H15NO. The average Bonchev–Trinajstić information content (AvgIpc) is 2.53. The van der Waals surface area contributed by atoms with Crippen LogP contribution < -0.4 is 0 Å². The van der Waals surface area contributed by atoms with Crippen molar-refractivity contribution in [2.75, 3.05) is 13.1 Å². The van der Waals surface area contributed by atoms with Crippen LogP contribution in [0.5, 0.6) is 0 Å². The molecule has 0 N–H and O–H groups in total. The minimum atomic E-state index is -0.128. The second kappa shape index (κ2) is 3.73. The van der Waals surface area contributed by atoms with Crippen LogP contribution in [0.1, 0.15) is 26.7 Å². The first kappa shape index (κ1) is 9.28. The molecule has 0 amide bonds. The van der Waals surface area contributed by atoms with Gasteiger partial charge in [-0.15, -0.1) is 0 Å². The number of aldehydes is 1. The van der Waals surface area contributed by atoms with Gasteiger partial charge in [-0.2, -0.15) is 0 Å². The summed E-state index contributed by atoms with van der Waals surface area (Å²) in [4.78, 5) is 12.4. The number of likely N-dealkylation sites (tertiary alicyclic amines) is 1. The zero-order valence-electron chi connectivity index (χ0n) is 7.76. The molecule has 0 aromatic carbocycles. The minimum absolute atomic E-state index is 0.128. The highest BCUT2D eigenvalue weighted by Gasteiger charge is 2.26. The van der Waals surface area contributed by atoms with Crippen molar-refractivity contribution in [1.82, 2.24) is 4.90 Å². The van der Waals surface area contributed by atoms with Crippen molar-refractivity contribution < 1.29 is 4.79 Å². The van der Waals surface area contributed by atoms with Gasteiger partial charge in [-0.1, -0.05) is 5.92 Å². The van der Waals surface area contributed by atoms with Gasteiger partial charge in [-0.05, 0) is 45.7 Å². The number of nitrogens with zero attached hydrogens (tertiary/aromatic N) is 1. The van der Waals surface area contributed by atoms with Crippen LogP contribution in [0.2, 0.25) is 0 Å². The van der Waals surface area contributed by atoms with Crippen molar-refractivity contribution in [3.05, 3.63) is 0 Å². The third-order valence-corrected chi connectivity index (χ3v) is 2.33. The lowest BCUT2D eigenvalue weighted by Gasteiger charge is -2.29. The maximum absolute atomic E-state index is 10.1. The van der Waals surface area contributed by atoms with E-state index in [9.17, 15) is 4.79 Å². The van der Waals surface area contributed by atoms with E-state index in [0.717, 1.165) is 13.1 Å². The number of hydrogen-bond donors (Lipinski definition) is 0. The van der Waals surface area contributed by atoms with E-state index in [-0.39, 0.29) is 5.54 Å². The monoisotopic (exact) mass is 165 g/mol. The minimum Gasteiger partial charge on any atom is -0.289 e. The van der Waals surface area contributed by atoms with Crippen molar-refractivity contribution in [3.8, 4) is 11.8 Å². The van der Waals surface area contributed by atoms with Gasteiger partial charge in [0.05, 0.1) is 5.54 Å². The van der Waals surface area contributed by atoms with Crippen molar-refractivity contribution >= 4 is 6.29 Å². The summed E-state index contributed by atoms with van der Waals surface area (Å²) in [7, 11) is 0. The Bertz CT molecular complexity index is 216. The molecule has 0 atom stereocenters. The predicted molar refractivity (Wildman–Crippen MR) is 48.7 cm³/mol. The first-order chi connectivity index (χ1) is 5.67. The Labute approximate surface area is 73.9 Å². The summed E-state index contributed by atoms with van der Waals surface area (Å²) < 4.78 is 0. The Morgan fingerprint density at radius 3 is 2.42 bits per heavy atom. The molecule has 1 heterocycles. The topological polar surface area (TPSA) is 20.3 Å². The molecule has 1 rings (SSSR count). The number of carbonyl (C=O) groups excluding carboxylic acids is 1. The van der Waals surface area contributed by atoms with E-state index in [4.69, 9.17) is 0 Å². The second-order valence-electron chi connectivity index (χ2n) is 3.64. The van der Waals surface area contributed by atoms with E-state index in [1.807, 2.05) is 0 Å². The molecule has 0 radical (unpaired) electrons. The van der Waals surface area contributed by atoms with Gasteiger partial charge >= 0.3 is 0 Å². The van der Waals surface area contributed by atoms with E-state index in [1.54, 1.807) is 0 Å². The van der Waals surface area contributed by atoms with Crippen LogP contribution in [-0.2, 0) is 4.79 Å². The van der Waals surface area contributed by atoms with Crippen LogP contribution in [0.15, 0.2) is 0 Å². The summed E-state index contributed by atoms with van der Waals surface area (Å²) in [5, 5.41) is 0. The number of hydrogen-bond acceptors (Lipinski definition) is 2. The molecule has 1 aliphatic rings. The molecule has 1 fully saturated rings. The van der Waals surface area contributed by atoms with Crippen LogP contribution in [-0.4, -0.2) is 29.8 Å². The van der Waals surface area contributed by atoms with Crippen molar-refractivity contribution in [1.29, 1.82) is 0 Å². The van der Waals surface area contributed by atoms with Gasteiger partial charge < -0.3 is 0 Å². The predicted octanol–water partition coefficient (Wildman–Crippen LogP) is 1.06. The number of carbonyl (C=O) groups is 1. The Kier molecular flexibility index (Phi) is 2.88. The molecule has 2 heteroatoms. The molecule has 0 aromatic heterocycles. The fraction of sp³-hybridized carbons (Fsp3) is 0.700. The Morgan fingerprint density at radius 1 is 1.33 bits per heavy atom. The third kappa shape index (κ3) is 2.09. The lowest BCUT2D eigenvalue weighted by atomic mass is 10.0. The Balaban J connectivity index is 2.62. The van der Waals surface area contributed by atoms with E-state index in [0.29, 0.717) is 6.29 Å². The zero-order valence-corrected chi connectivity index (χ0v) is 7.76. The van der Waals surface area contributed by atoms with Crippen LogP contribution in [0.4, 0.5) is 0 Å². The quantitative estimate of drug-likeness (QED) is 0.428. The molecule has 66 valence electrons. The lowest BCUT2D eigenvalue weighted by Crippen LogP contribution is -2.40. The summed E-state index contributed by atoms with van der Waals surface area (Å²) in [5.74, 6) is 5.45. The van der Waals surface area contributed by atoms with E-state index in [2.05, 4.69) is 30.6 Å². The summed E-state index contributed by atoms with van der Waals surface area (Å²) in [6.45, 7) is 6.35.